The van der Waals surface area contributed by atoms with Crippen LogP contribution >= 0.6 is 11.3 Å². The van der Waals surface area contributed by atoms with Crippen LogP contribution in [0, 0.1) is 0 Å². The number of thiophene rings is 1. The Morgan fingerprint density at radius 1 is 1.24 bits per heavy atom. The summed E-state index contributed by atoms with van der Waals surface area (Å²) < 4.78 is 10.7. The standard InChI is InChI=1S/C21H20N4O3S/c22-17-13-8-14-18(12-3-5-25(14)6-4-12)24-21(13)29-19(17)20(26)23-9-11-1-2-15-16(7-11)28-10-27-15/h1-2,7-8,12H,3-6,9-10,22H2,(H,23,26). The van der Waals surface area contributed by atoms with Crippen molar-refractivity contribution in [1.82, 2.24) is 10.3 Å². The molecule has 0 radical (unpaired) electrons. The maximum absolute atomic E-state index is 12.8. The average Bonchev–Trinajstić information content (AvgIpc) is 3.35. The average molecular weight is 408 g/mol. The third kappa shape index (κ3) is 2.62. The predicted molar refractivity (Wildman–Crippen MR) is 112 cm³/mol. The molecular weight excluding hydrogens is 388 g/mol. The number of nitrogen functional groups attached to an aromatic ring is 1. The van der Waals surface area contributed by atoms with Crippen molar-refractivity contribution in [3.8, 4) is 11.5 Å². The number of hydrogen-bond donors (Lipinski definition) is 2. The number of piperidine rings is 1. The summed E-state index contributed by atoms with van der Waals surface area (Å²) in [5.74, 6) is 1.79. The summed E-state index contributed by atoms with van der Waals surface area (Å²) in [5.41, 5.74) is 10.2. The Hall–Kier alpha value is -3.00. The molecule has 8 heteroatoms. The number of carbonyl (C=O) groups is 1. The van der Waals surface area contributed by atoms with Gasteiger partial charge < -0.3 is 25.4 Å². The number of carbonyl (C=O) groups excluding carboxylic acids is 1. The number of nitrogens with one attached hydrogen (secondary N) is 1. The number of nitrogens with zero attached hydrogens (tertiary/aromatic N) is 2. The van der Waals surface area contributed by atoms with Crippen LogP contribution in [0.5, 0.6) is 11.5 Å². The summed E-state index contributed by atoms with van der Waals surface area (Å²) >= 11 is 1.38. The van der Waals surface area contributed by atoms with Crippen LogP contribution in [0.4, 0.5) is 11.4 Å². The molecule has 148 valence electrons. The van der Waals surface area contributed by atoms with Crippen molar-refractivity contribution >= 4 is 38.8 Å². The quantitative estimate of drug-likeness (QED) is 0.692. The van der Waals surface area contributed by atoms with E-state index in [1.807, 2.05) is 18.2 Å². The van der Waals surface area contributed by atoms with E-state index in [4.69, 9.17) is 20.2 Å². The molecule has 0 saturated carbocycles. The number of aromatic nitrogens is 1. The van der Waals surface area contributed by atoms with Gasteiger partial charge in [-0.2, -0.15) is 0 Å². The molecule has 3 N–H and O–H groups in total. The van der Waals surface area contributed by atoms with E-state index in [-0.39, 0.29) is 12.7 Å². The summed E-state index contributed by atoms with van der Waals surface area (Å²) in [5, 5.41) is 3.85. The molecule has 7 rings (SSSR count). The van der Waals surface area contributed by atoms with E-state index in [0.29, 0.717) is 28.8 Å². The van der Waals surface area contributed by atoms with Gasteiger partial charge in [-0.25, -0.2) is 4.98 Å². The van der Waals surface area contributed by atoms with Gasteiger partial charge in [0, 0.05) is 30.9 Å². The second-order valence-corrected chi connectivity index (χ2v) is 8.72. The predicted octanol–water partition coefficient (Wildman–Crippen LogP) is 3.23. The summed E-state index contributed by atoms with van der Waals surface area (Å²) in [4.78, 5) is 21.5. The molecule has 1 saturated heterocycles. The highest BCUT2D eigenvalue weighted by Gasteiger charge is 2.33. The highest BCUT2D eigenvalue weighted by molar-refractivity contribution is 7.21. The molecule has 4 aliphatic rings. The molecule has 3 aromatic rings. The molecule has 1 amide bonds. The number of hydrogen-bond acceptors (Lipinski definition) is 7. The molecule has 2 bridgehead atoms. The molecule has 7 nitrogen and oxygen atoms in total. The van der Waals surface area contributed by atoms with Gasteiger partial charge in [0.15, 0.2) is 11.5 Å². The van der Waals surface area contributed by atoms with Crippen LogP contribution in [-0.4, -0.2) is 30.8 Å². The molecule has 1 fully saturated rings. The minimum absolute atomic E-state index is 0.176. The van der Waals surface area contributed by atoms with Crippen LogP contribution in [-0.2, 0) is 6.54 Å². The molecular formula is C21H20N4O3S. The number of pyridine rings is 1. The van der Waals surface area contributed by atoms with Crippen LogP contribution in [0.3, 0.4) is 0 Å². The van der Waals surface area contributed by atoms with Gasteiger partial charge >= 0.3 is 0 Å². The first-order chi connectivity index (χ1) is 14.2. The molecule has 4 aliphatic heterocycles. The van der Waals surface area contributed by atoms with Crippen LogP contribution in [0.1, 0.15) is 39.7 Å². The third-order valence-electron chi connectivity index (χ3n) is 6.05. The normalized spacial score (nSPS) is 17.0. The molecule has 1 aromatic carbocycles. The number of nitrogens with two attached hydrogens (primary N) is 1. The van der Waals surface area contributed by atoms with E-state index >= 15 is 0 Å². The number of anilines is 2. The maximum atomic E-state index is 12.8. The minimum atomic E-state index is -0.176. The smallest absolute Gasteiger partial charge is 0.263 e. The maximum Gasteiger partial charge on any atom is 0.263 e. The largest absolute Gasteiger partial charge is 0.454 e. The zero-order chi connectivity index (χ0) is 19.5. The second-order valence-electron chi connectivity index (χ2n) is 7.72. The highest BCUT2D eigenvalue weighted by atomic mass is 32.1. The van der Waals surface area contributed by atoms with Crippen molar-refractivity contribution in [3.05, 3.63) is 40.4 Å². The van der Waals surface area contributed by atoms with Gasteiger partial charge in [-0.15, -0.1) is 11.3 Å². The number of ether oxygens (including phenoxy) is 2. The Labute approximate surface area is 171 Å². The van der Waals surface area contributed by atoms with Gasteiger partial charge in [-0.3, -0.25) is 4.79 Å². The van der Waals surface area contributed by atoms with Crippen molar-refractivity contribution < 1.29 is 14.3 Å². The summed E-state index contributed by atoms with van der Waals surface area (Å²) in [6, 6.07) is 7.79. The van der Waals surface area contributed by atoms with Gasteiger partial charge in [0.05, 0.1) is 17.1 Å². The van der Waals surface area contributed by atoms with Gasteiger partial charge in [-0.1, -0.05) is 6.07 Å². The molecule has 6 heterocycles. The van der Waals surface area contributed by atoms with Gasteiger partial charge in [0.25, 0.3) is 5.91 Å². The van der Waals surface area contributed by atoms with E-state index in [9.17, 15) is 4.79 Å². The molecule has 0 unspecified atom stereocenters. The topological polar surface area (TPSA) is 89.7 Å². The van der Waals surface area contributed by atoms with Crippen molar-refractivity contribution in [2.75, 3.05) is 30.5 Å². The van der Waals surface area contributed by atoms with E-state index in [1.165, 1.54) is 22.7 Å². The molecule has 2 aromatic heterocycles. The fourth-order valence-electron chi connectivity index (χ4n) is 4.47. The van der Waals surface area contributed by atoms with Crippen LogP contribution in [0.2, 0.25) is 0 Å². The fraction of sp³-hybridized carbons (Fsp3) is 0.333. The lowest BCUT2D eigenvalue weighted by molar-refractivity contribution is 0.0955. The zero-order valence-electron chi connectivity index (χ0n) is 15.7. The summed E-state index contributed by atoms with van der Waals surface area (Å²) in [6.07, 6.45) is 2.32. The Morgan fingerprint density at radius 3 is 2.93 bits per heavy atom. The van der Waals surface area contributed by atoms with E-state index in [1.54, 1.807) is 0 Å². The Kier molecular flexibility index (Phi) is 3.64. The van der Waals surface area contributed by atoms with E-state index < -0.39 is 0 Å². The number of benzene rings is 1. The van der Waals surface area contributed by atoms with E-state index in [2.05, 4.69) is 16.3 Å². The molecule has 0 aliphatic carbocycles. The van der Waals surface area contributed by atoms with Crippen molar-refractivity contribution in [2.24, 2.45) is 0 Å². The van der Waals surface area contributed by atoms with Crippen molar-refractivity contribution in [2.45, 2.75) is 25.3 Å². The summed E-state index contributed by atoms with van der Waals surface area (Å²) in [7, 11) is 0. The number of amides is 1. The lowest BCUT2D eigenvalue weighted by atomic mass is 9.86. The summed E-state index contributed by atoms with van der Waals surface area (Å²) in [6.45, 7) is 2.79. The first-order valence-corrected chi connectivity index (χ1v) is 10.6. The number of rotatable bonds is 3. The first kappa shape index (κ1) is 16.9. The van der Waals surface area contributed by atoms with Crippen LogP contribution < -0.4 is 25.4 Å². The SMILES string of the molecule is Nc1c(C(=O)NCc2ccc3c(c2)OCO3)sc2nc3c(cc12)N1CCC3CC1. The molecule has 0 spiro atoms. The highest BCUT2D eigenvalue weighted by Crippen LogP contribution is 2.45. The lowest BCUT2D eigenvalue weighted by Gasteiger charge is -2.41. The van der Waals surface area contributed by atoms with Crippen LogP contribution in [0.15, 0.2) is 24.3 Å². The Balaban J connectivity index is 1.27. The lowest BCUT2D eigenvalue weighted by Crippen LogP contribution is -2.39. The van der Waals surface area contributed by atoms with Gasteiger partial charge in [0.2, 0.25) is 6.79 Å². The number of fused-ring (bicyclic) bond motifs is 4. The first-order valence-electron chi connectivity index (χ1n) is 9.82. The van der Waals surface area contributed by atoms with Crippen molar-refractivity contribution in [3.63, 3.8) is 0 Å². The molecule has 0 atom stereocenters. The fourth-order valence-corrected chi connectivity index (χ4v) is 5.47. The second kappa shape index (κ2) is 6.25. The molecule has 29 heavy (non-hydrogen) atoms. The van der Waals surface area contributed by atoms with Crippen molar-refractivity contribution in [1.29, 1.82) is 0 Å². The minimum Gasteiger partial charge on any atom is -0.454 e. The zero-order valence-corrected chi connectivity index (χ0v) is 16.6. The third-order valence-corrected chi connectivity index (χ3v) is 7.16. The Morgan fingerprint density at radius 2 is 2.07 bits per heavy atom. The van der Waals surface area contributed by atoms with Gasteiger partial charge in [0.1, 0.15) is 9.71 Å². The van der Waals surface area contributed by atoms with Gasteiger partial charge in [-0.05, 0) is 36.6 Å². The monoisotopic (exact) mass is 408 g/mol. The van der Waals surface area contributed by atoms with E-state index in [0.717, 1.165) is 47.5 Å². The van der Waals surface area contributed by atoms with Crippen LogP contribution in [0.25, 0.3) is 10.2 Å². The Bertz CT molecular complexity index is 1150.